The fourth-order valence-corrected chi connectivity index (χ4v) is 2.07. The van der Waals surface area contributed by atoms with E-state index in [9.17, 15) is 4.79 Å². The number of hydrogen-bond donors (Lipinski definition) is 2. The molecule has 1 saturated carbocycles. The normalized spacial score (nSPS) is 26.4. The Morgan fingerprint density at radius 1 is 1.43 bits per heavy atom. The highest BCUT2D eigenvalue weighted by molar-refractivity contribution is 5.75. The van der Waals surface area contributed by atoms with Gasteiger partial charge in [-0.3, -0.25) is 4.79 Å². The van der Waals surface area contributed by atoms with Crippen molar-refractivity contribution in [2.75, 3.05) is 13.6 Å². The van der Waals surface area contributed by atoms with Gasteiger partial charge in [0.2, 0.25) is 5.91 Å². The maximum atomic E-state index is 10.9. The Kier molecular flexibility index (Phi) is 4.94. The van der Waals surface area contributed by atoms with Crippen molar-refractivity contribution in [3.63, 3.8) is 0 Å². The fraction of sp³-hybridized carbons (Fsp3) is 0.909. The van der Waals surface area contributed by atoms with Crippen molar-refractivity contribution in [2.45, 2.75) is 45.1 Å². The monoisotopic (exact) mass is 198 g/mol. The molecule has 14 heavy (non-hydrogen) atoms. The molecule has 2 atom stereocenters. The number of carbonyl (C=O) groups is 1. The Morgan fingerprint density at radius 2 is 2.21 bits per heavy atom. The standard InChI is InChI=1S/C11H22N2O/c1-9-5-6-10(8-9)13-7-3-4-11(14)12-2/h9-10,13H,3-8H2,1-2H3,(H,12,14). The van der Waals surface area contributed by atoms with E-state index >= 15 is 0 Å². The first-order valence-corrected chi connectivity index (χ1v) is 5.66. The molecule has 82 valence electrons. The van der Waals surface area contributed by atoms with Gasteiger partial charge < -0.3 is 10.6 Å². The predicted octanol–water partition coefficient (Wildman–Crippen LogP) is 1.29. The topological polar surface area (TPSA) is 41.1 Å². The summed E-state index contributed by atoms with van der Waals surface area (Å²) in [5, 5.41) is 6.15. The lowest BCUT2D eigenvalue weighted by Crippen LogP contribution is -2.28. The van der Waals surface area contributed by atoms with Crippen LogP contribution in [-0.2, 0) is 4.79 Å². The zero-order valence-corrected chi connectivity index (χ0v) is 9.31. The molecule has 1 rings (SSSR count). The Morgan fingerprint density at radius 3 is 2.79 bits per heavy atom. The summed E-state index contributed by atoms with van der Waals surface area (Å²) in [6.45, 7) is 3.29. The van der Waals surface area contributed by atoms with Crippen molar-refractivity contribution in [1.82, 2.24) is 10.6 Å². The summed E-state index contributed by atoms with van der Waals surface area (Å²) >= 11 is 0. The maximum absolute atomic E-state index is 10.9. The summed E-state index contributed by atoms with van der Waals surface area (Å²) in [5.41, 5.74) is 0. The molecule has 2 unspecified atom stereocenters. The molecule has 0 heterocycles. The van der Waals surface area contributed by atoms with Crippen molar-refractivity contribution in [2.24, 2.45) is 5.92 Å². The fourth-order valence-electron chi connectivity index (χ4n) is 2.07. The van der Waals surface area contributed by atoms with Crippen LogP contribution >= 0.6 is 0 Å². The van der Waals surface area contributed by atoms with E-state index < -0.39 is 0 Å². The molecule has 1 aliphatic rings. The first-order chi connectivity index (χ1) is 6.72. The summed E-state index contributed by atoms with van der Waals surface area (Å²) < 4.78 is 0. The van der Waals surface area contributed by atoms with Gasteiger partial charge in [0.05, 0.1) is 0 Å². The van der Waals surface area contributed by atoms with Gasteiger partial charge >= 0.3 is 0 Å². The molecule has 1 amide bonds. The van der Waals surface area contributed by atoms with Crippen molar-refractivity contribution in [3.05, 3.63) is 0 Å². The molecule has 3 nitrogen and oxygen atoms in total. The predicted molar refractivity (Wildman–Crippen MR) is 58.1 cm³/mol. The van der Waals surface area contributed by atoms with Crippen molar-refractivity contribution < 1.29 is 4.79 Å². The second-order valence-corrected chi connectivity index (χ2v) is 4.35. The zero-order chi connectivity index (χ0) is 10.4. The van der Waals surface area contributed by atoms with Crippen LogP contribution in [0.25, 0.3) is 0 Å². The molecule has 1 aliphatic carbocycles. The number of rotatable bonds is 5. The number of hydrogen-bond acceptors (Lipinski definition) is 2. The van der Waals surface area contributed by atoms with Gasteiger partial charge in [0.1, 0.15) is 0 Å². The van der Waals surface area contributed by atoms with Gasteiger partial charge in [0.15, 0.2) is 0 Å². The van der Waals surface area contributed by atoms with Gasteiger partial charge in [-0.05, 0) is 38.1 Å². The molecular formula is C11H22N2O. The van der Waals surface area contributed by atoms with Crippen LogP contribution in [-0.4, -0.2) is 25.5 Å². The van der Waals surface area contributed by atoms with E-state index in [2.05, 4.69) is 17.6 Å². The highest BCUT2D eigenvalue weighted by Gasteiger charge is 2.19. The third-order valence-electron chi connectivity index (χ3n) is 2.99. The molecular weight excluding hydrogens is 176 g/mol. The maximum Gasteiger partial charge on any atom is 0.219 e. The van der Waals surface area contributed by atoms with Crippen LogP contribution < -0.4 is 10.6 Å². The van der Waals surface area contributed by atoms with Gasteiger partial charge in [0, 0.05) is 19.5 Å². The van der Waals surface area contributed by atoms with Gasteiger partial charge in [0.25, 0.3) is 0 Å². The third-order valence-corrected chi connectivity index (χ3v) is 2.99. The van der Waals surface area contributed by atoms with Crippen molar-refractivity contribution in [1.29, 1.82) is 0 Å². The summed E-state index contributed by atoms with van der Waals surface area (Å²) in [7, 11) is 1.69. The van der Waals surface area contributed by atoms with Crippen molar-refractivity contribution in [3.8, 4) is 0 Å². The minimum atomic E-state index is 0.145. The van der Waals surface area contributed by atoms with Gasteiger partial charge in [-0.2, -0.15) is 0 Å². The van der Waals surface area contributed by atoms with E-state index in [1.807, 2.05) is 0 Å². The van der Waals surface area contributed by atoms with E-state index in [-0.39, 0.29) is 5.91 Å². The molecule has 0 bridgehead atoms. The van der Waals surface area contributed by atoms with Crippen LogP contribution in [0.3, 0.4) is 0 Å². The average Bonchev–Trinajstić information content (AvgIpc) is 2.58. The van der Waals surface area contributed by atoms with Crippen LogP contribution in [0.15, 0.2) is 0 Å². The van der Waals surface area contributed by atoms with Gasteiger partial charge in [-0.15, -0.1) is 0 Å². The lowest BCUT2D eigenvalue weighted by molar-refractivity contribution is -0.120. The van der Waals surface area contributed by atoms with E-state index in [1.54, 1.807) is 7.05 Å². The van der Waals surface area contributed by atoms with Gasteiger partial charge in [-0.25, -0.2) is 0 Å². The Labute approximate surface area is 86.6 Å². The Hall–Kier alpha value is -0.570. The SMILES string of the molecule is CNC(=O)CCCNC1CCC(C)C1. The number of carbonyl (C=O) groups excluding carboxylic acids is 1. The first kappa shape index (κ1) is 11.5. The highest BCUT2D eigenvalue weighted by atomic mass is 16.1. The Balaban J connectivity index is 1.96. The summed E-state index contributed by atoms with van der Waals surface area (Å²) in [5.74, 6) is 1.03. The summed E-state index contributed by atoms with van der Waals surface area (Å²) in [6.07, 6.45) is 5.56. The van der Waals surface area contributed by atoms with Crippen molar-refractivity contribution >= 4 is 5.91 Å². The summed E-state index contributed by atoms with van der Waals surface area (Å²) in [4.78, 5) is 10.9. The molecule has 0 aromatic rings. The molecule has 0 aliphatic heterocycles. The summed E-state index contributed by atoms with van der Waals surface area (Å²) in [6, 6.07) is 0.703. The molecule has 3 heteroatoms. The van der Waals surface area contributed by atoms with Crippen LogP contribution in [0, 0.1) is 5.92 Å². The quantitative estimate of drug-likeness (QED) is 0.654. The molecule has 0 aromatic carbocycles. The molecule has 0 spiro atoms. The minimum Gasteiger partial charge on any atom is -0.359 e. The number of amides is 1. The van der Waals surface area contributed by atoms with Crippen LogP contribution in [0.2, 0.25) is 0 Å². The second-order valence-electron chi connectivity index (χ2n) is 4.35. The number of nitrogens with one attached hydrogen (secondary N) is 2. The third kappa shape index (κ3) is 4.09. The minimum absolute atomic E-state index is 0.145. The smallest absolute Gasteiger partial charge is 0.219 e. The average molecular weight is 198 g/mol. The van der Waals surface area contributed by atoms with Crippen LogP contribution in [0.5, 0.6) is 0 Å². The van der Waals surface area contributed by atoms with Crippen LogP contribution in [0.4, 0.5) is 0 Å². The highest BCUT2D eigenvalue weighted by Crippen LogP contribution is 2.24. The van der Waals surface area contributed by atoms with E-state index in [0.717, 1.165) is 18.9 Å². The van der Waals surface area contributed by atoms with E-state index in [0.29, 0.717) is 12.5 Å². The lowest BCUT2D eigenvalue weighted by Gasteiger charge is -2.11. The molecule has 2 N–H and O–H groups in total. The molecule has 0 radical (unpaired) electrons. The van der Waals surface area contributed by atoms with E-state index in [4.69, 9.17) is 0 Å². The van der Waals surface area contributed by atoms with Crippen LogP contribution in [0.1, 0.15) is 39.0 Å². The lowest BCUT2D eigenvalue weighted by atomic mass is 10.1. The zero-order valence-electron chi connectivity index (χ0n) is 9.31. The van der Waals surface area contributed by atoms with Gasteiger partial charge in [-0.1, -0.05) is 6.92 Å². The first-order valence-electron chi connectivity index (χ1n) is 5.66. The second kappa shape index (κ2) is 6.02. The van der Waals surface area contributed by atoms with E-state index in [1.165, 1.54) is 19.3 Å². The molecule has 1 fully saturated rings. The Bertz CT molecular complexity index is 182. The molecule has 0 aromatic heterocycles. The molecule has 0 saturated heterocycles. The largest absolute Gasteiger partial charge is 0.359 e.